The molecular weight excluding hydrogens is 406 g/mol. The Hall–Kier alpha value is -2.92. The minimum Gasteiger partial charge on any atom is -0.455 e. The van der Waals surface area contributed by atoms with Gasteiger partial charge in [-0.3, -0.25) is 9.59 Å². The number of nitrogens with one attached hydrogen (secondary N) is 1. The van der Waals surface area contributed by atoms with Crippen LogP contribution in [0.1, 0.15) is 17.0 Å². The summed E-state index contributed by atoms with van der Waals surface area (Å²) in [6.07, 6.45) is 0. The Kier molecular flexibility index (Phi) is 6.39. The van der Waals surface area contributed by atoms with E-state index in [1.807, 2.05) is 72.8 Å². The molecule has 3 aromatic carbocycles. The van der Waals surface area contributed by atoms with Gasteiger partial charge in [0.2, 0.25) is 0 Å². The summed E-state index contributed by atoms with van der Waals surface area (Å²) < 4.78 is 6.23. The molecule has 0 saturated heterocycles. The molecule has 27 heavy (non-hydrogen) atoms. The van der Waals surface area contributed by atoms with Crippen molar-refractivity contribution in [2.24, 2.45) is 0 Å². The van der Waals surface area contributed by atoms with Crippen molar-refractivity contribution >= 4 is 33.5 Å². The fourth-order valence-electron chi connectivity index (χ4n) is 2.71. The third-order valence-electron chi connectivity index (χ3n) is 3.98. The van der Waals surface area contributed by atoms with Gasteiger partial charge in [-0.1, -0.05) is 76.6 Å². The highest BCUT2D eigenvalue weighted by Crippen LogP contribution is 2.26. The molecule has 4 nitrogen and oxygen atoms in total. The molecular formula is C22H18BrNO3. The number of carbonyl (C=O) groups excluding carboxylic acids is 2. The molecule has 0 fully saturated rings. The van der Waals surface area contributed by atoms with Crippen molar-refractivity contribution < 1.29 is 14.3 Å². The minimum absolute atomic E-state index is 0.342. The van der Waals surface area contributed by atoms with E-state index >= 15 is 0 Å². The number of rotatable bonds is 6. The first kappa shape index (κ1) is 18.9. The summed E-state index contributed by atoms with van der Waals surface area (Å²) in [6, 6.07) is 26.0. The Labute approximate surface area is 166 Å². The van der Waals surface area contributed by atoms with Gasteiger partial charge in [-0.05, 0) is 35.4 Å². The van der Waals surface area contributed by atoms with Crippen LogP contribution in [-0.2, 0) is 14.3 Å². The Balaban J connectivity index is 1.68. The molecule has 1 N–H and O–H groups in total. The Morgan fingerprint density at radius 2 is 1.33 bits per heavy atom. The van der Waals surface area contributed by atoms with Crippen LogP contribution in [0.25, 0.3) is 0 Å². The van der Waals surface area contributed by atoms with Crippen molar-refractivity contribution in [3.63, 3.8) is 0 Å². The average molecular weight is 424 g/mol. The van der Waals surface area contributed by atoms with Gasteiger partial charge in [0.15, 0.2) is 6.61 Å². The second-order valence-corrected chi connectivity index (χ2v) is 6.83. The van der Waals surface area contributed by atoms with Crippen molar-refractivity contribution in [1.82, 2.24) is 0 Å². The SMILES string of the molecule is O=C(COC(=O)C(c1ccccc1)c1ccccc1)Nc1ccc(Br)cc1. The van der Waals surface area contributed by atoms with E-state index in [2.05, 4.69) is 21.2 Å². The van der Waals surface area contributed by atoms with Gasteiger partial charge in [0.25, 0.3) is 5.91 Å². The Morgan fingerprint density at radius 3 is 1.85 bits per heavy atom. The van der Waals surface area contributed by atoms with Crippen LogP contribution in [0.2, 0.25) is 0 Å². The van der Waals surface area contributed by atoms with Gasteiger partial charge in [0.1, 0.15) is 5.92 Å². The molecule has 0 aromatic heterocycles. The maximum atomic E-state index is 12.7. The molecule has 0 aliphatic carbocycles. The van der Waals surface area contributed by atoms with E-state index in [0.717, 1.165) is 15.6 Å². The van der Waals surface area contributed by atoms with Crippen LogP contribution in [0.15, 0.2) is 89.4 Å². The lowest BCUT2D eigenvalue weighted by molar-refractivity contribution is -0.147. The van der Waals surface area contributed by atoms with Crippen LogP contribution in [0, 0.1) is 0 Å². The lowest BCUT2D eigenvalue weighted by Crippen LogP contribution is -2.24. The predicted molar refractivity (Wildman–Crippen MR) is 108 cm³/mol. The Bertz CT molecular complexity index is 856. The lowest BCUT2D eigenvalue weighted by Gasteiger charge is -2.17. The monoisotopic (exact) mass is 423 g/mol. The van der Waals surface area contributed by atoms with Crippen molar-refractivity contribution in [2.75, 3.05) is 11.9 Å². The molecule has 136 valence electrons. The summed E-state index contributed by atoms with van der Waals surface area (Å²) in [4.78, 5) is 24.8. The zero-order valence-corrected chi connectivity index (χ0v) is 16.1. The van der Waals surface area contributed by atoms with Crippen LogP contribution in [0.3, 0.4) is 0 Å². The molecule has 0 radical (unpaired) electrons. The second-order valence-electron chi connectivity index (χ2n) is 5.92. The summed E-state index contributed by atoms with van der Waals surface area (Å²) in [5.41, 5.74) is 2.28. The molecule has 1 amide bonds. The van der Waals surface area contributed by atoms with Crippen LogP contribution >= 0.6 is 15.9 Å². The first-order valence-electron chi connectivity index (χ1n) is 8.45. The average Bonchev–Trinajstić information content (AvgIpc) is 2.70. The highest BCUT2D eigenvalue weighted by molar-refractivity contribution is 9.10. The minimum atomic E-state index is -0.576. The van der Waals surface area contributed by atoms with Crippen LogP contribution in [0.4, 0.5) is 5.69 Å². The third-order valence-corrected chi connectivity index (χ3v) is 4.50. The first-order chi connectivity index (χ1) is 13.1. The van der Waals surface area contributed by atoms with E-state index in [9.17, 15) is 9.59 Å². The normalized spacial score (nSPS) is 10.4. The number of halogens is 1. The molecule has 0 aliphatic rings. The largest absolute Gasteiger partial charge is 0.455 e. The summed E-state index contributed by atoms with van der Waals surface area (Å²) in [6.45, 7) is -0.342. The molecule has 3 aromatic rings. The third kappa shape index (κ3) is 5.28. The molecule has 3 rings (SSSR count). The van der Waals surface area contributed by atoms with Gasteiger partial charge < -0.3 is 10.1 Å². The standard InChI is InChI=1S/C22H18BrNO3/c23-18-11-13-19(14-12-18)24-20(25)15-27-22(26)21(16-7-3-1-4-8-16)17-9-5-2-6-10-17/h1-14,21H,15H2,(H,24,25). The number of anilines is 1. The molecule has 0 aliphatic heterocycles. The number of benzene rings is 3. The molecule has 0 atom stereocenters. The van der Waals surface area contributed by atoms with E-state index in [-0.39, 0.29) is 12.5 Å². The van der Waals surface area contributed by atoms with Crippen molar-refractivity contribution in [3.8, 4) is 0 Å². The quantitative estimate of drug-likeness (QED) is 0.581. The molecule has 0 saturated carbocycles. The van der Waals surface area contributed by atoms with Crippen LogP contribution in [0.5, 0.6) is 0 Å². The van der Waals surface area contributed by atoms with Gasteiger partial charge in [-0.15, -0.1) is 0 Å². The second kappa shape index (κ2) is 9.14. The van der Waals surface area contributed by atoms with Gasteiger partial charge in [-0.25, -0.2) is 0 Å². The highest BCUT2D eigenvalue weighted by atomic mass is 79.9. The molecule has 0 spiro atoms. The number of carbonyl (C=O) groups is 2. The predicted octanol–water partition coefficient (Wildman–Crippen LogP) is 4.76. The van der Waals surface area contributed by atoms with Gasteiger partial charge >= 0.3 is 5.97 Å². The fraction of sp³-hybridized carbons (Fsp3) is 0.0909. The molecule has 5 heteroatoms. The zero-order valence-electron chi connectivity index (χ0n) is 14.5. The Morgan fingerprint density at radius 1 is 0.815 bits per heavy atom. The van der Waals surface area contributed by atoms with E-state index in [4.69, 9.17) is 4.74 Å². The van der Waals surface area contributed by atoms with Gasteiger partial charge in [-0.2, -0.15) is 0 Å². The van der Waals surface area contributed by atoms with Gasteiger partial charge in [0.05, 0.1) is 0 Å². The molecule has 0 bridgehead atoms. The van der Waals surface area contributed by atoms with E-state index in [1.165, 1.54) is 0 Å². The molecule has 0 unspecified atom stereocenters. The van der Waals surface area contributed by atoms with Crippen LogP contribution in [-0.4, -0.2) is 18.5 Å². The number of esters is 1. The van der Waals surface area contributed by atoms with Crippen molar-refractivity contribution in [1.29, 1.82) is 0 Å². The molecule has 0 heterocycles. The van der Waals surface area contributed by atoms with Crippen LogP contribution < -0.4 is 5.32 Å². The first-order valence-corrected chi connectivity index (χ1v) is 9.25. The van der Waals surface area contributed by atoms with E-state index in [1.54, 1.807) is 12.1 Å². The number of hydrogen-bond donors (Lipinski definition) is 1. The topological polar surface area (TPSA) is 55.4 Å². The zero-order chi connectivity index (χ0) is 19.1. The maximum absolute atomic E-state index is 12.7. The summed E-state index contributed by atoms with van der Waals surface area (Å²) in [5, 5.41) is 2.71. The number of ether oxygens (including phenoxy) is 1. The maximum Gasteiger partial charge on any atom is 0.318 e. The summed E-state index contributed by atoms with van der Waals surface area (Å²) >= 11 is 3.34. The fourth-order valence-corrected chi connectivity index (χ4v) is 2.97. The summed E-state index contributed by atoms with van der Waals surface area (Å²) in [7, 11) is 0. The van der Waals surface area contributed by atoms with E-state index < -0.39 is 11.9 Å². The smallest absolute Gasteiger partial charge is 0.318 e. The number of hydrogen-bond acceptors (Lipinski definition) is 3. The van der Waals surface area contributed by atoms with E-state index in [0.29, 0.717) is 5.69 Å². The summed E-state index contributed by atoms with van der Waals surface area (Å²) in [5.74, 6) is -1.42. The van der Waals surface area contributed by atoms with Crippen molar-refractivity contribution in [2.45, 2.75) is 5.92 Å². The van der Waals surface area contributed by atoms with Crippen molar-refractivity contribution in [3.05, 3.63) is 101 Å². The highest BCUT2D eigenvalue weighted by Gasteiger charge is 2.24. The lowest BCUT2D eigenvalue weighted by atomic mass is 9.91. The number of amides is 1. The van der Waals surface area contributed by atoms with Gasteiger partial charge in [0, 0.05) is 10.2 Å².